The van der Waals surface area contributed by atoms with Gasteiger partial charge < -0.3 is 15.6 Å². The van der Waals surface area contributed by atoms with Crippen molar-refractivity contribution in [3.8, 4) is 0 Å². The van der Waals surface area contributed by atoms with E-state index in [1.54, 1.807) is 12.4 Å². The highest BCUT2D eigenvalue weighted by Crippen LogP contribution is 2.23. The summed E-state index contributed by atoms with van der Waals surface area (Å²) in [5.41, 5.74) is 0.977. The molecule has 24 heavy (non-hydrogen) atoms. The average molecular weight is 323 g/mol. The van der Waals surface area contributed by atoms with Crippen LogP contribution >= 0.6 is 0 Å². The Hall–Kier alpha value is -2.89. The molecule has 0 aliphatic rings. The van der Waals surface area contributed by atoms with Gasteiger partial charge in [0.2, 0.25) is 0 Å². The Kier molecular flexibility index (Phi) is 4.74. The van der Waals surface area contributed by atoms with Gasteiger partial charge in [-0.15, -0.1) is 0 Å². The summed E-state index contributed by atoms with van der Waals surface area (Å²) in [6.45, 7) is 4.92. The first kappa shape index (κ1) is 16.0. The summed E-state index contributed by atoms with van der Waals surface area (Å²) < 4.78 is 0. The Balaban J connectivity index is 2.01. The van der Waals surface area contributed by atoms with Crippen molar-refractivity contribution in [2.45, 2.75) is 26.7 Å². The smallest absolute Gasteiger partial charge is 0.259 e. The molecule has 3 rings (SSSR count). The highest BCUT2D eigenvalue weighted by atomic mass is 16.1. The van der Waals surface area contributed by atoms with E-state index in [9.17, 15) is 4.79 Å². The van der Waals surface area contributed by atoms with Gasteiger partial charge in [-0.2, -0.15) is 0 Å². The number of fused-ring (bicyclic) bond motifs is 1. The predicted octanol–water partition coefficient (Wildman–Crippen LogP) is 3.58. The number of unbranched alkanes of at least 4 members (excludes halogenated alkanes) is 1. The second-order valence-corrected chi connectivity index (χ2v) is 5.75. The van der Waals surface area contributed by atoms with Crippen LogP contribution in [0.2, 0.25) is 0 Å². The third kappa shape index (κ3) is 3.53. The Bertz CT molecular complexity index is 903. The quantitative estimate of drug-likeness (QED) is 0.604. The summed E-state index contributed by atoms with van der Waals surface area (Å²) in [5, 5.41) is 7.90. The minimum Gasteiger partial charge on any atom is -0.369 e. The Morgan fingerprint density at radius 1 is 1.21 bits per heavy atom. The van der Waals surface area contributed by atoms with Crippen LogP contribution in [0.5, 0.6) is 0 Å². The third-order valence-corrected chi connectivity index (χ3v) is 3.75. The van der Waals surface area contributed by atoms with E-state index in [0.717, 1.165) is 36.2 Å². The van der Waals surface area contributed by atoms with Gasteiger partial charge in [-0.1, -0.05) is 13.3 Å². The number of H-pyrrole nitrogens is 1. The van der Waals surface area contributed by atoms with Crippen LogP contribution in [-0.4, -0.2) is 21.5 Å². The number of nitrogens with zero attached hydrogens (tertiary/aromatic N) is 2. The highest BCUT2D eigenvalue weighted by Gasteiger charge is 2.10. The largest absolute Gasteiger partial charge is 0.369 e. The molecule has 3 aromatic heterocycles. The standard InChI is InChI=1S/C18H21N5O/c1-3-4-7-20-17-16-13(6-9-21-18(16)24)11-15(23-17)22-14-10-12(2)5-8-19-14/h5-6,8-11H,3-4,7H2,1-2H3,(H,21,24)(H2,19,20,22,23). The van der Waals surface area contributed by atoms with Crippen LogP contribution in [0, 0.1) is 6.92 Å². The second kappa shape index (κ2) is 7.12. The molecule has 6 heteroatoms. The average Bonchev–Trinajstić information content (AvgIpc) is 2.55. The van der Waals surface area contributed by atoms with Gasteiger partial charge in [0.25, 0.3) is 5.56 Å². The zero-order chi connectivity index (χ0) is 16.9. The van der Waals surface area contributed by atoms with Crippen molar-refractivity contribution in [2.75, 3.05) is 17.2 Å². The summed E-state index contributed by atoms with van der Waals surface area (Å²) in [5.74, 6) is 1.98. The molecule has 3 heterocycles. The van der Waals surface area contributed by atoms with E-state index >= 15 is 0 Å². The lowest BCUT2D eigenvalue weighted by Gasteiger charge is -2.12. The normalized spacial score (nSPS) is 10.8. The summed E-state index contributed by atoms with van der Waals surface area (Å²) in [6, 6.07) is 7.63. The fourth-order valence-corrected chi connectivity index (χ4v) is 2.53. The highest BCUT2D eigenvalue weighted by molar-refractivity contribution is 5.93. The lowest BCUT2D eigenvalue weighted by molar-refractivity contribution is 0.832. The summed E-state index contributed by atoms with van der Waals surface area (Å²) in [7, 11) is 0. The molecule has 6 nitrogen and oxygen atoms in total. The fraction of sp³-hybridized carbons (Fsp3) is 0.278. The number of rotatable bonds is 6. The van der Waals surface area contributed by atoms with Gasteiger partial charge in [0.15, 0.2) is 0 Å². The Morgan fingerprint density at radius 2 is 2.08 bits per heavy atom. The van der Waals surface area contributed by atoms with E-state index in [1.807, 2.05) is 31.2 Å². The first-order valence-corrected chi connectivity index (χ1v) is 8.13. The summed E-state index contributed by atoms with van der Waals surface area (Å²) >= 11 is 0. The molecule has 0 aliphatic heterocycles. The van der Waals surface area contributed by atoms with Crippen molar-refractivity contribution < 1.29 is 0 Å². The molecule has 0 atom stereocenters. The Morgan fingerprint density at radius 3 is 2.88 bits per heavy atom. The van der Waals surface area contributed by atoms with Crippen molar-refractivity contribution in [1.29, 1.82) is 0 Å². The van der Waals surface area contributed by atoms with Crippen LogP contribution in [-0.2, 0) is 0 Å². The van der Waals surface area contributed by atoms with E-state index in [2.05, 4.69) is 32.5 Å². The molecule has 0 aromatic carbocycles. The van der Waals surface area contributed by atoms with Crippen molar-refractivity contribution in [1.82, 2.24) is 15.0 Å². The molecule has 124 valence electrons. The molecule has 0 spiro atoms. The molecule has 3 aromatic rings. The first-order valence-electron chi connectivity index (χ1n) is 8.13. The van der Waals surface area contributed by atoms with E-state index < -0.39 is 0 Å². The molecule has 0 unspecified atom stereocenters. The summed E-state index contributed by atoms with van der Waals surface area (Å²) in [4.78, 5) is 23.8. The van der Waals surface area contributed by atoms with Gasteiger partial charge in [0.1, 0.15) is 17.5 Å². The van der Waals surface area contributed by atoms with Crippen LogP contribution in [0.15, 0.2) is 41.5 Å². The number of nitrogens with one attached hydrogen (secondary N) is 3. The van der Waals surface area contributed by atoms with E-state index in [1.165, 1.54) is 0 Å². The lowest BCUT2D eigenvalue weighted by atomic mass is 10.2. The zero-order valence-corrected chi connectivity index (χ0v) is 13.9. The molecular formula is C18H21N5O. The SMILES string of the molecule is CCCCNc1nc(Nc2cc(C)ccn2)cc2cc[nH]c(=O)c12. The van der Waals surface area contributed by atoms with E-state index in [-0.39, 0.29) is 5.56 Å². The maximum Gasteiger partial charge on any atom is 0.259 e. The first-order chi connectivity index (χ1) is 11.7. The fourth-order valence-electron chi connectivity index (χ4n) is 2.53. The van der Waals surface area contributed by atoms with Gasteiger partial charge >= 0.3 is 0 Å². The lowest BCUT2D eigenvalue weighted by Crippen LogP contribution is -2.12. The number of aromatic amines is 1. The topological polar surface area (TPSA) is 82.7 Å². The van der Waals surface area contributed by atoms with Gasteiger partial charge in [0, 0.05) is 18.9 Å². The molecule has 0 radical (unpaired) electrons. The van der Waals surface area contributed by atoms with Crippen LogP contribution in [0.25, 0.3) is 10.8 Å². The number of anilines is 3. The van der Waals surface area contributed by atoms with E-state index in [0.29, 0.717) is 17.0 Å². The molecule has 0 bridgehead atoms. The van der Waals surface area contributed by atoms with Crippen molar-refractivity contribution in [2.24, 2.45) is 0 Å². The minimum atomic E-state index is -0.140. The molecule has 0 amide bonds. The molecule has 0 saturated heterocycles. The van der Waals surface area contributed by atoms with Crippen LogP contribution in [0.1, 0.15) is 25.3 Å². The number of aromatic nitrogens is 3. The second-order valence-electron chi connectivity index (χ2n) is 5.75. The van der Waals surface area contributed by atoms with Gasteiger partial charge in [0.05, 0.1) is 5.39 Å². The predicted molar refractivity (Wildman–Crippen MR) is 98.0 cm³/mol. The zero-order valence-electron chi connectivity index (χ0n) is 13.9. The van der Waals surface area contributed by atoms with Gasteiger partial charge in [-0.3, -0.25) is 4.79 Å². The molecule has 0 fully saturated rings. The maximum atomic E-state index is 12.2. The van der Waals surface area contributed by atoms with Crippen molar-refractivity contribution in [3.63, 3.8) is 0 Å². The van der Waals surface area contributed by atoms with Crippen LogP contribution in [0.3, 0.4) is 0 Å². The molecular weight excluding hydrogens is 302 g/mol. The Labute approximate surface area is 140 Å². The van der Waals surface area contributed by atoms with Gasteiger partial charge in [-0.25, -0.2) is 9.97 Å². The molecule has 0 saturated carbocycles. The van der Waals surface area contributed by atoms with Crippen molar-refractivity contribution in [3.05, 3.63) is 52.6 Å². The summed E-state index contributed by atoms with van der Waals surface area (Å²) in [6.07, 6.45) is 5.50. The number of aryl methyl sites for hydroxylation is 1. The van der Waals surface area contributed by atoms with Crippen LogP contribution in [0.4, 0.5) is 17.5 Å². The number of hydrogen-bond acceptors (Lipinski definition) is 5. The number of hydrogen-bond donors (Lipinski definition) is 3. The van der Waals surface area contributed by atoms with E-state index in [4.69, 9.17) is 0 Å². The third-order valence-electron chi connectivity index (χ3n) is 3.75. The van der Waals surface area contributed by atoms with Crippen molar-refractivity contribution >= 4 is 28.2 Å². The molecule has 3 N–H and O–H groups in total. The minimum absolute atomic E-state index is 0.140. The molecule has 0 aliphatic carbocycles. The monoisotopic (exact) mass is 323 g/mol. The number of pyridine rings is 3. The van der Waals surface area contributed by atoms with Crippen LogP contribution < -0.4 is 16.2 Å². The van der Waals surface area contributed by atoms with Gasteiger partial charge in [-0.05, 0) is 48.6 Å². The maximum absolute atomic E-state index is 12.2.